The standard InChI is InChI=1S/C16H25N3/c1-10-8-12(3)13(4)19(9-10)15-11(2)6-5-7-14(15)16(17)18/h5-7,10,12-13H,8-9H2,1-4H3,(H3,17,18). The van der Waals surface area contributed by atoms with Gasteiger partial charge < -0.3 is 10.6 Å². The highest BCUT2D eigenvalue weighted by Crippen LogP contribution is 2.35. The van der Waals surface area contributed by atoms with Crippen molar-refractivity contribution < 1.29 is 0 Å². The highest BCUT2D eigenvalue weighted by molar-refractivity contribution is 6.01. The van der Waals surface area contributed by atoms with Crippen molar-refractivity contribution in [1.29, 1.82) is 5.41 Å². The molecule has 1 saturated heterocycles. The summed E-state index contributed by atoms with van der Waals surface area (Å²) in [5.41, 5.74) is 8.99. The van der Waals surface area contributed by atoms with Crippen LogP contribution in [0.25, 0.3) is 0 Å². The normalized spacial score (nSPS) is 27.4. The van der Waals surface area contributed by atoms with Gasteiger partial charge in [-0.2, -0.15) is 0 Å². The van der Waals surface area contributed by atoms with Crippen LogP contribution in [0.1, 0.15) is 38.3 Å². The van der Waals surface area contributed by atoms with Crippen molar-refractivity contribution in [1.82, 2.24) is 0 Å². The number of piperidine rings is 1. The van der Waals surface area contributed by atoms with E-state index in [0.29, 0.717) is 17.9 Å². The molecule has 19 heavy (non-hydrogen) atoms. The van der Waals surface area contributed by atoms with Gasteiger partial charge in [0.2, 0.25) is 0 Å². The molecule has 0 aliphatic carbocycles. The molecule has 0 bridgehead atoms. The maximum absolute atomic E-state index is 7.81. The number of nitrogens with one attached hydrogen (secondary N) is 1. The van der Waals surface area contributed by atoms with Crippen LogP contribution in [0.4, 0.5) is 5.69 Å². The number of nitrogens with two attached hydrogens (primary N) is 1. The molecule has 3 N–H and O–H groups in total. The van der Waals surface area contributed by atoms with Crippen molar-refractivity contribution in [2.75, 3.05) is 11.4 Å². The topological polar surface area (TPSA) is 53.1 Å². The Morgan fingerprint density at radius 3 is 2.63 bits per heavy atom. The maximum Gasteiger partial charge on any atom is 0.124 e. The van der Waals surface area contributed by atoms with Crippen molar-refractivity contribution in [3.05, 3.63) is 29.3 Å². The molecule has 1 aliphatic heterocycles. The minimum atomic E-state index is 0.164. The van der Waals surface area contributed by atoms with Crippen LogP contribution < -0.4 is 10.6 Å². The third-order valence-corrected chi connectivity index (χ3v) is 4.41. The van der Waals surface area contributed by atoms with Gasteiger partial charge in [0.1, 0.15) is 5.84 Å². The van der Waals surface area contributed by atoms with Crippen LogP contribution in [0.2, 0.25) is 0 Å². The van der Waals surface area contributed by atoms with Crippen LogP contribution in [0, 0.1) is 24.2 Å². The van der Waals surface area contributed by atoms with Gasteiger partial charge in [-0.05, 0) is 43.7 Å². The van der Waals surface area contributed by atoms with Gasteiger partial charge in [0.25, 0.3) is 0 Å². The number of rotatable bonds is 2. The lowest BCUT2D eigenvalue weighted by Crippen LogP contribution is -2.46. The van der Waals surface area contributed by atoms with Crippen LogP contribution in [0.15, 0.2) is 18.2 Å². The van der Waals surface area contributed by atoms with Crippen LogP contribution in [0.5, 0.6) is 0 Å². The number of nitrogens with zero attached hydrogens (tertiary/aromatic N) is 1. The summed E-state index contributed by atoms with van der Waals surface area (Å²) in [6, 6.07) is 6.55. The second kappa shape index (κ2) is 5.24. The van der Waals surface area contributed by atoms with Crippen molar-refractivity contribution in [2.45, 2.75) is 40.2 Å². The molecule has 1 aromatic rings. The summed E-state index contributed by atoms with van der Waals surface area (Å²) in [5, 5.41) is 7.81. The number of hydrogen-bond donors (Lipinski definition) is 2. The Morgan fingerprint density at radius 2 is 2.00 bits per heavy atom. The van der Waals surface area contributed by atoms with E-state index in [1.54, 1.807) is 0 Å². The van der Waals surface area contributed by atoms with Gasteiger partial charge in [-0.25, -0.2) is 0 Å². The van der Waals surface area contributed by atoms with Gasteiger partial charge in [0, 0.05) is 18.2 Å². The Kier molecular flexibility index (Phi) is 3.83. The first-order valence-electron chi connectivity index (χ1n) is 7.12. The molecule has 0 amide bonds. The zero-order valence-corrected chi connectivity index (χ0v) is 12.4. The molecule has 3 unspecified atom stereocenters. The molecule has 3 atom stereocenters. The summed E-state index contributed by atoms with van der Waals surface area (Å²) < 4.78 is 0. The van der Waals surface area contributed by atoms with E-state index < -0.39 is 0 Å². The highest BCUT2D eigenvalue weighted by Gasteiger charge is 2.31. The van der Waals surface area contributed by atoms with E-state index in [1.807, 2.05) is 12.1 Å². The first-order chi connectivity index (χ1) is 8.91. The van der Waals surface area contributed by atoms with Gasteiger partial charge in [0.05, 0.1) is 5.69 Å². The predicted molar refractivity (Wildman–Crippen MR) is 81.9 cm³/mol. The van der Waals surface area contributed by atoms with Crippen molar-refractivity contribution in [2.24, 2.45) is 17.6 Å². The van der Waals surface area contributed by atoms with Crippen molar-refractivity contribution in [3.8, 4) is 0 Å². The molecule has 1 heterocycles. The zero-order valence-electron chi connectivity index (χ0n) is 12.4. The van der Waals surface area contributed by atoms with E-state index in [4.69, 9.17) is 11.1 Å². The third-order valence-electron chi connectivity index (χ3n) is 4.41. The molecule has 0 spiro atoms. The molecule has 3 nitrogen and oxygen atoms in total. The van der Waals surface area contributed by atoms with E-state index >= 15 is 0 Å². The molecule has 3 heteroatoms. The molecule has 0 radical (unpaired) electrons. The number of aryl methyl sites for hydroxylation is 1. The van der Waals surface area contributed by atoms with Crippen LogP contribution in [-0.4, -0.2) is 18.4 Å². The molecule has 1 fully saturated rings. The van der Waals surface area contributed by atoms with E-state index in [-0.39, 0.29) is 5.84 Å². The Hall–Kier alpha value is -1.51. The fraction of sp³-hybridized carbons (Fsp3) is 0.562. The van der Waals surface area contributed by atoms with Crippen LogP contribution in [-0.2, 0) is 0 Å². The summed E-state index contributed by atoms with van der Waals surface area (Å²) in [6.07, 6.45) is 1.28. The van der Waals surface area contributed by atoms with Crippen LogP contribution >= 0.6 is 0 Å². The van der Waals surface area contributed by atoms with E-state index in [2.05, 4.69) is 38.7 Å². The van der Waals surface area contributed by atoms with Crippen LogP contribution in [0.3, 0.4) is 0 Å². The molecule has 1 aliphatic rings. The van der Waals surface area contributed by atoms with Crippen molar-refractivity contribution in [3.63, 3.8) is 0 Å². The summed E-state index contributed by atoms with van der Waals surface area (Å²) in [5.74, 6) is 1.52. The Bertz CT molecular complexity index is 481. The maximum atomic E-state index is 7.81. The third kappa shape index (κ3) is 2.60. The summed E-state index contributed by atoms with van der Waals surface area (Å²) in [7, 11) is 0. The van der Waals surface area contributed by atoms with Crippen molar-refractivity contribution >= 4 is 11.5 Å². The number of amidine groups is 1. The lowest BCUT2D eigenvalue weighted by Gasteiger charge is -2.44. The Labute approximate surface area is 116 Å². The Balaban J connectivity index is 2.48. The molecule has 0 saturated carbocycles. The molecule has 2 rings (SSSR count). The summed E-state index contributed by atoms with van der Waals surface area (Å²) in [4.78, 5) is 2.45. The number of nitrogen functional groups attached to an aromatic ring is 1. The van der Waals surface area contributed by atoms with Gasteiger partial charge >= 0.3 is 0 Å². The summed E-state index contributed by atoms with van der Waals surface area (Å²) >= 11 is 0. The monoisotopic (exact) mass is 259 g/mol. The van der Waals surface area contributed by atoms with E-state index in [1.165, 1.54) is 12.0 Å². The second-order valence-electron chi connectivity index (χ2n) is 6.10. The second-order valence-corrected chi connectivity index (χ2v) is 6.10. The van der Waals surface area contributed by atoms with E-state index in [9.17, 15) is 0 Å². The average Bonchev–Trinajstić information content (AvgIpc) is 2.33. The smallest absolute Gasteiger partial charge is 0.124 e. The number of benzene rings is 1. The molecular formula is C16H25N3. The molecule has 0 aromatic heterocycles. The predicted octanol–water partition coefficient (Wildman–Crippen LogP) is 3.15. The van der Waals surface area contributed by atoms with Gasteiger partial charge in [0.15, 0.2) is 0 Å². The van der Waals surface area contributed by atoms with Gasteiger partial charge in [-0.1, -0.05) is 26.0 Å². The first kappa shape index (κ1) is 13.9. The lowest BCUT2D eigenvalue weighted by atomic mass is 9.85. The minimum Gasteiger partial charge on any atom is -0.384 e. The first-order valence-corrected chi connectivity index (χ1v) is 7.12. The molecule has 104 valence electrons. The molecule has 1 aromatic carbocycles. The fourth-order valence-corrected chi connectivity index (χ4v) is 3.27. The summed E-state index contributed by atoms with van der Waals surface area (Å²) in [6.45, 7) is 10.1. The fourth-order valence-electron chi connectivity index (χ4n) is 3.27. The Morgan fingerprint density at radius 1 is 1.32 bits per heavy atom. The number of para-hydroxylation sites is 1. The average molecular weight is 259 g/mol. The number of hydrogen-bond acceptors (Lipinski definition) is 2. The molecular weight excluding hydrogens is 234 g/mol. The van der Waals surface area contributed by atoms with E-state index in [0.717, 1.165) is 17.8 Å². The highest BCUT2D eigenvalue weighted by atomic mass is 15.2. The SMILES string of the molecule is Cc1cccc(C(=N)N)c1N1CC(C)CC(C)C1C. The minimum absolute atomic E-state index is 0.164. The number of anilines is 1. The lowest BCUT2D eigenvalue weighted by molar-refractivity contribution is 0.296. The van der Waals surface area contributed by atoms with Gasteiger partial charge in [-0.3, -0.25) is 5.41 Å². The largest absolute Gasteiger partial charge is 0.384 e. The quantitative estimate of drug-likeness (QED) is 0.633. The zero-order chi connectivity index (χ0) is 14.2. The van der Waals surface area contributed by atoms with Gasteiger partial charge in [-0.15, -0.1) is 0 Å².